The third-order valence-electron chi connectivity index (χ3n) is 2.58. The lowest BCUT2D eigenvalue weighted by atomic mass is 10.1. The molecule has 4 nitrogen and oxygen atoms in total. The van der Waals surface area contributed by atoms with Crippen molar-refractivity contribution in [1.82, 2.24) is 0 Å². The van der Waals surface area contributed by atoms with Crippen molar-refractivity contribution in [1.29, 1.82) is 0 Å². The zero-order chi connectivity index (χ0) is 12.1. The Labute approximate surface area is 90.8 Å². The van der Waals surface area contributed by atoms with Crippen molar-refractivity contribution in [2.75, 3.05) is 12.4 Å². The molecular formula is C9H9F2NO3S. The van der Waals surface area contributed by atoms with Gasteiger partial charge in [-0.3, -0.25) is 0 Å². The highest BCUT2D eigenvalue weighted by atomic mass is 32.2. The fourth-order valence-electron chi connectivity index (χ4n) is 1.74. The second kappa shape index (κ2) is 3.14. The van der Waals surface area contributed by atoms with Crippen LogP contribution in [0.5, 0.6) is 0 Å². The minimum atomic E-state index is -4.79. The van der Waals surface area contributed by atoms with Crippen LogP contribution in [0.25, 0.3) is 0 Å². The molecule has 1 unspecified atom stereocenters. The summed E-state index contributed by atoms with van der Waals surface area (Å²) in [5.74, 6) is 0. The molecule has 1 heterocycles. The van der Waals surface area contributed by atoms with Crippen LogP contribution in [0.1, 0.15) is 11.7 Å². The molecule has 16 heavy (non-hydrogen) atoms. The molecule has 0 bridgehead atoms. The van der Waals surface area contributed by atoms with E-state index in [1.165, 1.54) is 19.2 Å². The molecule has 2 N–H and O–H groups in total. The number of hydrogen-bond acceptors (Lipinski definition) is 4. The average molecular weight is 249 g/mol. The SMILES string of the molecule is CNc1cccc2c1C(O)C(F)(F)S2(=O)=O. The molecule has 1 aromatic rings. The van der Waals surface area contributed by atoms with Crippen LogP contribution in [-0.4, -0.2) is 25.8 Å². The topological polar surface area (TPSA) is 66.4 Å². The highest BCUT2D eigenvalue weighted by Crippen LogP contribution is 2.51. The van der Waals surface area contributed by atoms with E-state index < -0.39 is 26.1 Å². The van der Waals surface area contributed by atoms with E-state index in [1.807, 2.05) is 0 Å². The monoisotopic (exact) mass is 249 g/mol. The number of alkyl halides is 2. The van der Waals surface area contributed by atoms with E-state index in [2.05, 4.69) is 5.32 Å². The number of hydrogen-bond donors (Lipinski definition) is 2. The van der Waals surface area contributed by atoms with Gasteiger partial charge in [0.25, 0.3) is 0 Å². The Bertz CT molecular complexity index is 542. The molecule has 0 radical (unpaired) electrons. The van der Waals surface area contributed by atoms with Crippen LogP contribution >= 0.6 is 0 Å². The molecule has 2 rings (SSSR count). The van der Waals surface area contributed by atoms with Crippen LogP contribution in [0.4, 0.5) is 14.5 Å². The van der Waals surface area contributed by atoms with E-state index >= 15 is 0 Å². The van der Waals surface area contributed by atoms with Crippen molar-refractivity contribution in [3.63, 3.8) is 0 Å². The van der Waals surface area contributed by atoms with Crippen molar-refractivity contribution in [3.05, 3.63) is 23.8 Å². The molecule has 0 fully saturated rings. The number of rotatable bonds is 1. The lowest BCUT2D eigenvalue weighted by Gasteiger charge is -2.13. The molecular weight excluding hydrogens is 240 g/mol. The van der Waals surface area contributed by atoms with Gasteiger partial charge in [-0.25, -0.2) is 8.42 Å². The predicted molar refractivity (Wildman–Crippen MR) is 53.1 cm³/mol. The summed E-state index contributed by atoms with van der Waals surface area (Å²) in [5, 5.41) is 7.80. The molecule has 1 atom stereocenters. The summed E-state index contributed by atoms with van der Waals surface area (Å²) in [6.07, 6.45) is -2.32. The molecule has 0 saturated heterocycles. The Balaban J connectivity index is 2.82. The highest BCUT2D eigenvalue weighted by Gasteiger charge is 2.61. The fraction of sp³-hybridized carbons (Fsp3) is 0.333. The number of benzene rings is 1. The van der Waals surface area contributed by atoms with Gasteiger partial charge in [-0.05, 0) is 12.1 Å². The van der Waals surface area contributed by atoms with Gasteiger partial charge in [0.15, 0.2) is 6.10 Å². The lowest BCUT2D eigenvalue weighted by molar-refractivity contribution is -0.0372. The van der Waals surface area contributed by atoms with Crippen molar-refractivity contribution in [2.45, 2.75) is 16.3 Å². The average Bonchev–Trinajstić information content (AvgIpc) is 2.38. The standard InChI is InChI=1S/C9H9F2NO3S/c1-12-5-3-2-4-6-7(5)8(13)9(10,11)16(6,14)15/h2-4,8,12-13H,1H3. The maximum absolute atomic E-state index is 13.4. The van der Waals surface area contributed by atoms with Crippen molar-refractivity contribution < 1.29 is 22.3 Å². The largest absolute Gasteiger partial charge is 0.388 e. The molecule has 1 aromatic carbocycles. The van der Waals surface area contributed by atoms with Crippen LogP contribution in [0.3, 0.4) is 0 Å². The van der Waals surface area contributed by atoms with Gasteiger partial charge in [-0.15, -0.1) is 0 Å². The Morgan fingerprint density at radius 3 is 2.62 bits per heavy atom. The number of aliphatic hydroxyl groups is 1. The lowest BCUT2D eigenvalue weighted by Crippen LogP contribution is -2.28. The van der Waals surface area contributed by atoms with Crippen molar-refractivity contribution in [3.8, 4) is 0 Å². The summed E-state index contributed by atoms with van der Waals surface area (Å²) in [7, 11) is -3.33. The molecule has 1 aliphatic rings. The number of aliphatic hydroxyl groups excluding tert-OH is 1. The first kappa shape index (κ1) is 11.3. The van der Waals surface area contributed by atoms with E-state index in [0.717, 1.165) is 6.07 Å². The summed E-state index contributed by atoms with van der Waals surface area (Å²) in [6.45, 7) is 0. The number of nitrogens with one attached hydrogen (secondary N) is 1. The second-order valence-corrected chi connectivity index (χ2v) is 5.43. The first-order valence-corrected chi connectivity index (χ1v) is 5.93. The van der Waals surface area contributed by atoms with Gasteiger partial charge >= 0.3 is 5.25 Å². The zero-order valence-electron chi connectivity index (χ0n) is 8.24. The van der Waals surface area contributed by atoms with E-state index in [9.17, 15) is 22.3 Å². The first-order valence-electron chi connectivity index (χ1n) is 4.45. The van der Waals surface area contributed by atoms with E-state index in [4.69, 9.17) is 0 Å². The van der Waals surface area contributed by atoms with Crippen LogP contribution in [0.2, 0.25) is 0 Å². The third kappa shape index (κ3) is 1.12. The molecule has 0 spiro atoms. The van der Waals surface area contributed by atoms with Gasteiger partial charge in [0.1, 0.15) is 0 Å². The molecule has 7 heteroatoms. The number of halogens is 2. The zero-order valence-corrected chi connectivity index (χ0v) is 9.05. The van der Waals surface area contributed by atoms with Gasteiger partial charge in [0, 0.05) is 18.3 Å². The predicted octanol–water partition coefficient (Wildman–Crippen LogP) is 1.14. The normalized spacial score (nSPS) is 25.1. The summed E-state index contributed by atoms with van der Waals surface area (Å²) in [5.41, 5.74) is -0.0826. The summed E-state index contributed by atoms with van der Waals surface area (Å²) >= 11 is 0. The first-order chi connectivity index (χ1) is 7.34. The Kier molecular flexibility index (Phi) is 2.22. The number of sulfone groups is 1. The van der Waals surface area contributed by atoms with Gasteiger partial charge in [0.05, 0.1) is 4.90 Å². The highest BCUT2D eigenvalue weighted by molar-refractivity contribution is 7.92. The van der Waals surface area contributed by atoms with Crippen LogP contribution in [0.15, 0.2) is 23.1 Å². The molecule has 0 aliphatic carbocycles. The molecule has 1 aliphatic heterocycles. The molecule has 0 amide bonds. The van der Waals surface area contributed by atoms with Crippen molar-refractivity contribution >= 4 is 15.5 Å². The summed E-state index contributed by atoms with van der Waals surface area (Å²) in [6, 6.07) is 3.84. The maximum atomic E-state index is 13.4. The third-order valence-corrected chi connectivity index (χ3v) is 4.45. The summed E-state index contributed by atoms with van der Waals surface area (Å²) < 4.78 is 49.6. The fourth-order valence-corrected chi connectivity index (χ4v) is 3.21. The maximum Gasteiger partial charge on any atom is 0.379 e. The van der Waals surface area contributed by atoms with Crippen LogP contribution in [0, 0.1) is 0 Å². The second-order valence-electron chi connectivity index (χ2n) is 3.44. The van der Waals surface area contributed by atoms with Crippen molar-refractivity contribution in [2.24, 2.45) is 0 Å². The number of anilines is 1. The van der Waals surface area contributed by atoms with Gasteiger partial charge < -0.3 is 10.4 Å². The summed E-state index contributed by atoms with van der Waals surface area (Å²) in [4.78, 5) is -0.517. The Morgan fingerprint density at radius 1 is 1.44 bits per heavy atom. The van der Waals surface area contributed by atoms with Gasteiger partial charge in [-0.2, -0.15) is 8.78 Å². The minimum Gasteiger partial charge on any atom is -0.388 e. The molecule has 0 aromatic heterocycles. The smallest absolute Gasteiger partial charge is 0.379 e. The quantitative estimate of drug-likeness (QED) is 0.783. The van der Waals surface area contributed by atoms with Crippen LogP contribution < -0.4 is 5.32 Å². The molecule has 88 valence electrons. The van der Waals surface area contributed by atoms with E-state index in [0.29, 0.717) is 0 Å². The van der Waals surface area contributed by atoms with Crippen LogP contribution in [-0.2, 0) is 9.84 Å². The number of fused-ring (bicyclic) bond motifs is 1. The van der Waals surface area contributed by atoms with E-state index in [1.54, 1.807) is 0 Å². The minimum absolute atomic E-state index is 0.186. The Hall–Kier alpha value is -1.21. The Morgan fingerprint density at radius 2 is 2.06 bits per heavy atom. The molecule has 0 saturated carbocycles. The van der Waals surface area contributed by atoms with Gasteiger partial charge in [-0.1, -0.05) is 6.07 Å². The van der Waals surface area contributed by atoms with E-state index in [-0.39, 0.29) is 11.3 Å². The van der Waals surface area contributed by atoms with Gasteiger partial charge in [0.2, 0.25) is 9.84 Å².